The Labute approximate surface area is 144 Å². The van der Waals surface area contributed by atoms with Gasteiger partial charge in [0.25, 0.3) is 5.91 Å². The van der Waals surface area contributed by atoms with Crippen molar-refractivity contribution in [3.8, 4) is 5.75 Å². The average molecular weight is 339 g/mol. The second-order valence-corrected chi connectivity index (χ2v) is 6.25. The third-order valence-corrected chi connectivity index (χ3v) is 4.50. The van der Waals surface area contributed by atoms with Crippen LogP contribution in [0.1, 0.15) is 38.8 Å². The van der Waals surface area contributed by atoms with E-state index < -0.39 is 17.4 Å². The molecule has 6 heteroatoms. The highest BCUT2D eigenvalue weighted by molar-refractivity contribution is 6.01. The number of aromatic hydroxyl groups is 1. The van der Waals surface area contributed by atoms with E-state index in [1.54, 1.807) is 0 Å². The van der Waals surface area contributed by atoms with Gasteiger partial charge in [-0.05, 0) is 36.2 Å². The SMILES string of the molecule is CC(=O)c1ccc(C(=O)NC2(C(=O)O)Cc3ccccc3C2)cc1O. The van der Waals surface area contributed by atoms with Gasteiger partial charge in [0, 0.05) is 18.4 Å². The number of nitrogens with one attached hydrogen (secondary N) is 1. The van der Waals surface area contributed by atoms with E-state index in [-0.39, 0.29) is 35.5 Å². The molecule has 3 rings (SSSR count). The van der Waals surface area contributed by atoms with Crippen molar-refractivity contribution in [1.82, 2.24) is 5.32 Å². The van der Waals surface area contributed by atoms with Crippen molar-refractivity contribution in [1.29, 1.82) is 0 Å². The quantitative estimate of drug-likeness (QED) is 0.739. The van der Waals surface area contributed by atoms with Crippen LogP contribution in [-0.2, 0) is 17.6 Å². The fourth-order valence-electron chi connectivity index (χ4n) is 3.17. The van der Waals surface area contributed by atoms with Crippen LogP contribution in [0.4, 0.5) is 0 Å². The fourth-order valence-corrected chi connectivity index (χ4v) is 3.17. The highest BCUT2D eigenvalue weighted by Crippen LogP contribution is 2.31. The Balaban J connectivity index is 1.87. The van der Waals surface area contributed by atoms with Crippen LogP contribution in [-0.4, -0.2) is 33.4 Å². The molecule has 1 aliphatic carbocycles. The van der Waals surface area contributed by atoms with E-state index in [0.717, 1.165) is 11.1 Å². The summed E-state index contributed by atoms with van der Waals surface area (Å²) in [7, 11) is 0. The number of hydrogen-bond acceptors (Lipinski definition) is 4. The molecule has 0 fully saturated rings. The minimum Gasteiger partial charge on any atom is -0.507 e. The van der Waals surface area contributed by atoms with Crippen LogP contribution < -0.4 is 5.32 Å². The Kier molecular flexibility index (Phi) is 4.04. The standard InChI is InChI=1S/C19H17NO5/c1-11(21)15-7-6-12(8-16(15)22)17(23)20-19(18(24)25)9-13-4-2-3-5-14(13)10-19/h2-8,22H,9-10H2,1H3,(H,20,23)(H,24,25). The van der Waals surface area contributed by atoms with Gasteiger partial charge < -0.3 is 15.5 Å². The highest BCUT2D eigenvalue weighted by atomic mass is 16.4. The molecule has 0 saturated carbocycles. The molecule has 0 aromatic heterocycles. The summed E-state index contributed by atoms with van der Waals surface area (Å²) in [5, 5.41) is 22.2. The molecule has 0 unspecified atom stereocenters. The second kappa shape index (κ2) is 6.05. The lowest BCUT2D eigenvalue weighted by molar-refractivity contribution is -0.144. The summed E-state index contributed by atoms with van der Waals surface area (Å²) in [5.74, 6) is -2.35. The summed E-state index contributed by atoms with van der Waals surface area (Å²) in [6.07, 6.45) is 0.392. The molecule has 25 heavy (non-hydrogen) atoms. The number of rotatable bonds is 4. The van der Waals surface area contributed by atoms with E-state index in [0.29, 0.717) is 0 Å². The molecular weight excluding hydrogens is 322 g/mol. The van der Waals surface area contributed by atoms with E-state index in [9.17, 15) is 24.6 Å². The number of fused-ring (bicyclic) bond motifs is 1. The average Bonchev–Trinajstić information content (AvgIpc) is 2.93. The van der Waals surface area contributed by atoms with Crippen LogP contribution in [0.2, 0.25) is 0 Å². The third kappa shape index (κ3) is 2.98. The molecular formula is C19H17NO5. The van der Waals surface area contributed by atoms with Crippen LogP contribution in [0.25, 0.3) is 0 Å². The van der Waals surface area contributed by atoms with Crippen LogP contribution >= 0.6 is 0 Å². The summed E-state index contributed by atoms with van der Waals surface area (Å²) in [4.78, 5) is 35.7. The third-order valence-electron chi connectivity index (χ3n) is 4.50. The maximum absolute atomic E-state index is 12.5. The number of amides is 1. The number of carbonyl (C=O) groups is 3. The fraction of sp³-hybridized carbons (Fsp3) is 0.211. The van der Waals surface area contributed by atoms with Gasteiger partial charge in [-0.25, -0.2) is 4.79 Å². The minimum atomic E-state index is -1.42. The van der Waals surface area contributed by atoms with Crippen molar-refractivity contribution in [3.63, 3.8) is 0 Å². The predicted molar refractivity (Wildman–Crippen MR) is 89.8 cm³/mol. The molecule has 2 aromatic rings. The highest BCUT2D eigenvalue weighted by Gasteiger charge is 2.45. The van der Waals surface area contributed by atoms with Crippen LogP contribution in [0.3, 0.4) is 0 Å². The number of Topliss-reactive ketones (excluding diaryl/α,β-unsaturated/α-hetero) is 1. The number of carboxylic acids is 1. The van der Waals surface area contributed by atoms with Crippen LogP contribution in [0.15, 0.2) is 42.5 Å². The molecule has 1 aliphatic rings. The van der Waals surface area contributed by atoms with E-state index >= 15 is 0 Å². The lowest BCUT2D eigenvalue weighted by Gasteiger charge is -2.25. The van der Waals surface area contributed by atoms with E-state index in [1.807, 2.05) is 24.3 Å². The van der Waals surface area contributed by atoms with E-state index in [4.69, 9.17) is 0 Å². The zero-order valence-electron chi connectivity index (χ0n) is 13.6. The normalized spacial score (nSPS) is 14.6. The summed E-state index contributed by atoms with van der Waals surface area (Å²) >= 11 is 0. The molecule has 0 heterocycles. The first-order valence-corrected chi connectivity index (χ1v) is 7.79. The molecule has 0 spiro atoms. The number of phenolic OH excluding ortho intramolecular Hbond substituents is 1. The van der Waals surface area contributed by atoms with Gasteiger partial charge in [0.15, 0.2) is 5.78 Å². The molecule has 0 bridgehead atoms. The number of carbonyl (C=O) groups excluding carboxylic acids is 2. The van der Waals surface area contributed by atoms with Gasteiger partial charge in [0.2, 0.25) is 0 Å². The molecule has 0 saturated heterocycles. The lowest BCUT2D eigenvalue weighted by atomic mass is 9.95. The second-order valence-electron chi connectivity index (χ2n) is 6.25. The van der Waals surface area contributed by atoms with E-state index in [2.05, 4.69) is 5.32 Å². The van der Waals surface area contributed by atoms with Crippen molar-refractivity contribution < 1.29 is 24.6 Å². The Morgan fingerprint density at radius 1 is 1.04 bits per heavy atom. The zero-order valence-corrected chi connectivity index (χ0v) is 13.6. The lowest BCUT2D eigenvalue weighted by Crippen LogP contribution is -2.55. The first-order valence-electron chi connectivity index (χ1n) is 7.79. The summed E-state index contributed by atoms with van der Waals surface area (Å²) in [6.45, 7) is 1.31. The van der Waals surface area contributed by atoms with Crippen LogP contribution in [0, 0.1) is 0 Å². The molecule has 3 N–H and O–H groups in total. The molecule has 6 nitrogen and oxygen atoms in total. The summed E-state index contributed by atoms with van der Waals surface area (Å²) in [5.41, 5.74) is 0.562. The van der Waals surface area contributed by atoms with Gasteiger partial charge in [-0.15, -0.1) is 0 Å². The predicted octanol–water partition coefficient (Wildman–Crippen LogP) is 1.95. The maximum atomic E-state index is 12.5. The molecule has 1 amide bonds. The van der Waals surface area contributed by atoms with Gasteiger partial charge in [-0.1, -0.05) is 24.3 Å². The Morgan fingerprint density at radius 2 is 1.64 bits per heavy atom. The van der Waals surface area contributed by atoms with Gasteiger partial charge in [0.05, 0.1) is 5.56 Å². The number of phenols is 1. The van der Waals surface area contributed by atoms with Crippen LogP contribution in [0.5, 0.6) is 5.75 Å². The number of carboxylic acid groups (broad SMARTS) is 1. The van der Waals surface area contributed by atoms with Gasteiger partial charge >= 0.3 is 5.97 Å². The van der Waals surface area contributed by atoms with Crippen molar-refractivity contribution in [2.75, 3.05) is 0 Å². The molecule has 0 aliphatic heterocycles. The number of ketones is 1. The van der Waals surface area contributed by atoms with Gasteiger partial charge in [0.1, 0.15) is 11.3 Å². The Bertz CT molecular complexity index is 862. The minimum absolute atomic E-state index is 0.0964. The van der Waals surface area contributed by atoms with Crippen molar-refractivity contribution in [2.45, 2.75) is 25.3 Å². The van der Waals surface area contributed by atoms with Crippen molar-refractivity contribution in [2.24, 2.45) is 0 Å². The maximum Gasteiger partial charge on any atom is 0.330 e. The molecule has 0 atom stereocenters. The topological polar surface area (TPSA) is 104 Å². The van der Waals surface area contributed by atoms with Gasteiger partial charge in [-0.3, -0.25) is 9.59 Å². The molecule has 2 aromatic carbocycles. The molecule has 0 radical (unpaired) electrons. The first kappa shape index (κ1) is 16.7. The van der Waals surface area contributed by atoms with Gasteiger partial charge in [-0.2, -0.15) is 0 Å². The Morgan fingerprint density at radius 3 is 2.12 bits per heavy atom. The Hall–Kier alpha value is -3.15. The zero-order chi connectivity index (χ0) is 18.2. The smallest absolute Gasteiger partial charge is 0.330 e. The molecule has 128 valence electrons. The first-order chi connectivity index (χ1) is 11.8. The summed E-state index contributed by atoms with van der Waals surface area (Å²) in [6, 6.07) is 11.3. The number of benzene rings is 2. The summed E-state index contributed by atoms with van der Waals surface area (Å²) < 4.78 is 0. The van der Waals surface area contributed by atoms with E-state index in [1.165, 1.54) is 25.1 Å². The van der Waals surface area contributed by atoms with Crippen molar-refractivity contribution in [3.05, 3.63) is 64.7 Å². The van der Waals surface area contributed by atoms with Crippen molar-refractivity contribution >= 4 is 17.7 Å². The number of aliphatic carboxylic acids is 1. The number of hydrogen-bond donors (Lipinski definition) is 3. The monoisotopic (exact) mass is 339 g/mol. The largest absolute Gasteiger partial charge is 0.507 e.